The summed E-state index contributed by atoms with van der Waals surface area (Å²) in [5.41, 5.74) is 2.39. The van der Waals surface area contributed by atoms with Gasteiger partial charge in [-0.15, -0.1) is 0 Å². The molecule has 1 aliphatic rings. The Kier molecular flexibility index (Phi) is 4.87. The summed E-state index contributed by atoms with van der Waals surface area (Å²) in [4.78, 5) is 11.7. The van der Waals surface area contributed by atoms with E-state index in [0.717, 1.165) is 15.0 Å². The molecular weight excluding hydrogens is 361 g/mol. The monoisotopic (exact) mass is 378 g/mol. The molecule has 1 amide bonds. The van der Waals surface area contributed by atoms with Crippen molar-refractivity contribution in [2.24, 2.45) is 5.41 Å². The maximum atomic E-state index is 13.3. The molecule has 1 aliphatic heterocycles. The number of benzene rings is 1. The van der Waals surface area contributed by atoms with Gasteiger partial charge in [-0.25, -0.2) is 5.01 Å². The van der Waals surface area contributed by atoms with E-state index in [4.69, 9.17) is 0 Å². The molecule has 2 rings (SSSR count). The average Bonchev–Trinajstić information content (AvgIpc) is 2.64. The molecule has 1 fully saturated rings. The van der Waals surface area contributed by atoms with Crippen LogP contribution in [0.4, 0.5) is 13.2 Å². The fourth-order valence-electron chi connectivity index (χ4n) is 2.46. The average molecular weight is 379 g/mol. The predicted molar refractivity (Wildman–Crippen MR) is 80.9 cm³/mol. The number of amides is 1. The highest BCUT2D eigenvalue weighted by molar-refractivity contribution is 9.10. The topological polar surface area (TPSA) is 32.3 Å². The van der Waals surface area contributed by atoms with Crippen LogP contribution in [0.25, 0.3) is 0 Å². The van der Waals surface area contributed by atoms with Crippen molar-refractivity contribution in [3.05, 3.63) is 34.3 Å². The number of alkyl halides is 3. The van der Waals surface area contributed by atoms with Crippen molar-refractivity contribution in [2.45, 2.75) is 38.9 Å². The van der Waals surface area contributed by atoms with Gasteiger partial charge in [-0.05, 0) is 44.4 Å². The van der Waals surface area contributed by atoms with E-state index in [9.17, 15) is 18.0 Å². The van der Waals surface area contributed by atoms with Crippen LogP contribution >= 0.6 is 15.9 Å². The lowest BCUT2D eigenvalue weighted by Gasteiger charge is -2.29. The SMILES string of the molecule is CC1(C)CN([C@@H](CCc2ccc(Br)cc2)C(F)(F)F)NC1=O. The molecule has 1 aromatic rings. The number of nitrogens with zero attached hydrogens (tertiary/aromatic N) is 1. The minimum atomic E-state index is -4.39. The molecule has 1 atom stereocenters. The van der Waals surface area contributed by atoms with Crippen LogP contribution in [-0.4, -0.2) is 29.7 Å². The van der Waals surface area contributed by atoms with Gasteiger partial charge in [0.05, 0.1) is 5.41 Å². The summed E-state index contributed by atoms with van der Waals surface area (Å²) in [6.07, 6.45) is -4.19. The number of aryl methyl sites for hydroxylation is 1. The first kappa shape index (κ1) is 17.3. The predicted octanol–water partition coefficient (Wildman–Crippen LogP) is 3.69. The maximum absolute atomic E-state index is 13.3. The van der Waals surface area contributed by atoms with Crippen LogP contribution in [0.2, 0.25) is 0 Å². The van der Waals surface area contributed by atoms with Crippen LogP contribution in [0.1, 0.15) is 25.8 Å². The quantitative estimate of drug-likeness (QED) is 0.866. The third kappa shape index (κ3) is 4.01. The van der Waals surface area contributed by atoms with Crippen molar-refractivity contribution in [3.63, 3.8) is 0 Å². The molecule has 1 aromatic carbocycles. The molecule has 0 aliphatic carbocycles. The summed E-state index contributed by atoms with van der Waals surface area (Å²) in [5.74, 6) is -0.370. The number of carbonyl (C=O) groups is 1. The summed E-state index contributed by atoms with van der Waals surface area (Å²) in [6.45, 7) is 3.34. The Labute approximate surface area is 136 Å². The summed E-state index contributed by atoms with van der Waals surface area (Å²) in [7, 11) is 0. The zero-order chi connectivity index (χ0) is 16.5. The van der Waals surface area contributed by atoms with Crippen LogP contribution in [0, 0.1) is 5.41 Å². The van der Waals surface area contributed by atoms with Gasteiger partial charge in [0.1, 0.15) is 6.04 Å². The zero-order valence-corrected chi connectivity index (χ0v) is 14.0. The van der Waals surface area contributed by atoms with Crippen LogP contribution < -0.4 is 5.43 Å². The lowest BCUT2D eigenvalue weighted by Crippen LogP contribution is -2.50. The fraction of sp³-hybridized carbons (Fsp3) is 0.533. The minimum absolute atomic E-state index is 0.0519. The normalized spacial score (nSPS) is 20.0. The Morgan fingerprint density at radius 2 is 1.91 bits per heavy atom. The van der Waals surface area contributed by atoms with Gasteiger partial charge in [-0.3, -0.25) is 10.2 Å². The maximum Gasteiger partial charge on any atom is 0.405 e. The van der Waals surface area contributed by atoms with Crippen molar-refractivity contribution in [3.8, 4) is 0 Å². The van der Waals surface area contributed by atoms with Crippen LogP contribution in [-0.2, 0) is 11.2 Å². The second kappa shape index (κ2) is 6.20. The van der Waals surface area contributed by atoms with E-state index < -0.39 is 17.6 Å². The first-order valence-corrected chi connectivity index (χ1v) is 7.78. The molecule has 22 heavy (non-hydrogen) atoms. The van der Waals surface area contributed by atoms with Gasteiger partial charge in [0.15, 0.2) is 0 Å². The van der Waals surface area contributed by atoms with E-state index >= 15 is 0 Å². The van der Waals surface area contributed by atoms with Gasteiger partial charge in [0, 0.05) is 11.0 Å². The highest BCUT2D eigenvalue weighted by Crippen LogP contribution is 2.33. The highest BCUT2D eigenvalue weighted by Gasteiger charge is 2.49. The molecule has 0 aromatic heterocycles. The number of nitrogens with one attached hydrogen (secondary N) is 1. The molecule has 0 unspecified atom stereocenters. The highest BCUT2D eigenvalue weighted by atomic mass is 79.9. The van der Waals surface area contributed by atoms with Crippen molar-refractivity contribution >= 4 is 21.8 Å². The van der Waals surface area contributed by atoms with Crippen molar-refractivity contribution in [2.75, 3.05) is 6.54 Å². The summed E-state index contributed by atoms with van der Waals surface area (Å²) < 4.78 is 40.8. The van der Waals surface area contributed by atoms with Gasteiger partial charge in [0.25, 0.3) is 0 Å². The van der Waals surface area contributed by atoms with E-state index in [0.29, 0.717) is 6.42 Å². The Bertz CT molecular complexity index is 543. The molecule has 1 N–H and O–H groups in total. The Morgan fingerprint density at radius 1 is 1.32 bits per heavy atom. The van der Waals surface area contributed by atoms with E-state index in [1.807, 2.05) is 0 Å². The van der Waals surface area contributed by atoms with Crippen LogP contribution in [0.3, 0.4) is 0 Å². The number of carbonyl (C=O) groups excluding carboxylic acids is 1. The Morgan fingerprint density at radius 3 is 2.36 bits per heavy atom. The first-order valence-electron chi connectivity index (χ1n) is 6.98. The third-order valence-electron chi connectivity index (χ3n) is 3.80. The van der Waals surface area contributed by atoms with Crippen molar-refractivity contribution in [1.29, 1.82) is 0 Å². The molecular formula is C15H18BrF3N2O. The third-order valence-corrected chi connectivity index (χ3v) is 4.33. The second-order valence-corrected chi connectivity index (χ2v) is 7.09. The van der Waals surface area contributed by atoms with Crippen LogP contribution in [0.15, 0.2) is 28.7 Å². The van der Waals surface area contributed by atoms with Gasteiger partial charge in [-0.1, -0.05) is 28.1 Å². The molecule has 0 spiro atoms. The summed E-state index contributed by atoms with van der Waals surface area (Å²) in [6, 6.07) is 5.52. The molecule has 7 heteroatoms. The van der Waals surface area contributed by atoms with Gasteiger partial charge < -0.3 is 0 Å². The molecule has 0 saturated carbocycles. The molecule has 0 radical (unpaired) electrons. The van der Waals surface area contributed by atoms with E-state index in [1.165, 1.54) is 0 Å². The lowest BCUT2D eigenvalue weighted by atomic mass is 9.94. The zero-order valence-electron chi connectivity index (χ0n) is 12.4. The summed E-state index contributed by atoms with van der Waals surface area (Å²) in [5, 5.41) is 1.03. The van der Waals surface area contributed by atoms with Crippen molar-refractivity contribution in [1.82, 2.24) is 10.4 Å². The minimum Gasteiger partial charge on any atom is -0.288 e. The largest absolute Gasteiger partial charge is 0.405 e. The van der Waals surface area contributed by atoms with E-state index in [2.05, 4.69) is 21.4 Å². The number of hydrazine groups is 1. The van der Waals surface area contributed by atoms with E-state index in [-0.39, 0.29) is 18.9 Å². The smallest absolute Gasteiger partial charge is 0.288 e. The van der Waals surface area contributed by atoms with E-state index in [1.54, 1.807) is 38.1 Å². The standard InChI is InChI=1S/C15H18BrF3N2O/c1-14(2)9-21(20-13(14)22)12(15(17,18)19)8-5-10-3-6-11(16)7-4-10/h3-4,6-7,12H,5,8-9H2,1-2H3,(H,20,22)/t12-/m0/s1. The number of hydrogen-bond donors (Lipinski definition) is 1. The Balaban J connectivity index is 2.08. The molecule has 0 bridgehead atoms. The fourth-order valence-corrected chi connectivity index (χ4v) is 2.72. The van der Waals surface area contributed by atoms with Crippen molar-refractivity contribution < 1.29 is 18.0 Å². The number of halogens is 4. The Hall–Kier alpha value is -1.08. The first-order chi connectivity index (χ1) is 10.1. The number of rotatable bonds is 4. The lowest BCUT2D eigenvalue weighted by molar-refractivity contribution is -0.190. The molecule has 1 heterocycles. The van der Waals surface area contributed by atoms with Gasteiger partial charge in [0.2, 0.25) is 5.91 Å². The molecule has 122 valence electrons. The number of hydrogen-bond acceptors (Lipinski definition) is 2. The molecule has 1 saturated heterocycles. The summed E-state index contributed by atoms with van der Waals surface area (Å²) >= 11 is 3.29. The van der Waals surface area contributed by atoms with Gasteiger partial charge >= 0.3 is 6.18 Å². The second-order valence-electron chi connectivity index (χ2n) is 6.18. The van der Waals surface area contributed by atoms with Crippen LogP contribution in [0.5, 0.6) is 0 Å². The molecule has 3 nitrogen and oxygen atoms in total. The van der Waals surface area contributed by atoms with Gasteiger partial charge in [-0.2, -0.15) is 13.2 Å².